The summed E-state index contributed by atoms with van der Waals surface area (Å²) >= 11 is 0. The number of hydrogen-bond donors (Lipinski definition) is 2. The van der Waals surface area contributed by atoms with Crippen molar-refractivity contribution in [3.05, 3.63) is 65.0 Å². The van der Waals surface area contributed by atoms with Gasteiger partial charge in [0.15, 0.2) is 0 Å². The normalized spacial score (nSPS) is 11.2. The van der Waals surface area contributed by atoms with E-state index >= 15 is 0 Å². The van der Waals surface area contributed by atoms with Gasteiger partial charge in [0.2, 0.25) is 5.95 Å². The molecule has 0 atom stereocenters. The van der Waals surface area contributed by atoms with E-state index in [1.807, 2.05) is 66.0 Å². The molecule has 2 heterocycles. The van der Waals surface area contributed by atoms with Gasteiger partial charge < -0.3 is 29.5 Å². The third-order valence-corrected chi connectivity index (χ3v) is 6.09. The van der Waals surface area contributed by atoms with E-state index < -0.39 is 4.92 Å². The van der Waals surface area contributed by atoms with Crippen LogP contribution in [0.4, 0.5) is 23.0 Å². The number of benzene rings is 2. The molecular formula is C26H31N7O4. The lowest BCUT2D eigenvalue weighted by molar-refractivity contribution is -0.384. The molecule has 0 radical (unpaired) electrons. The highest BCUT2D eigenvalue weighted by atomic mass is 16.6. The van der Waals surface area contributed by atoms with Crippen LogP contribution in [0.25, 0.3) is 22.2 Å². The number of hydrogen-bond acceptors (Lipinski definition) is 9. The van der Waals surface area contributed by atoms with Gasteiger partial charge in [0, 0.05) is 67.7 Å². The Labute approximate surface area is 215 Å². The van der Waals surface area contributed by atoms with E-state index in [4.69, 9.17) is 4.74 Å². The van der Waals surface area contributed by atoms with Gasteiger partial charge in [-0.15, -0.1) is 0 Å². The number of likely N-dealkylation sites (N-methyl/N-ethyl adjacent to an activating group) is 2. The molecule has 0 bridgehead atoms. The topological polar surface area (TPSA) is 122 Å². The second-order valence-corrected chi connectivity index (χ2v) is 8.89. The van der Waals surface area contributed by atoms with Gasteiger partial charge in [0.25, 0.3) is 5.69 Å². The molecule has 0 saturated carbocycles. The molecule has 37 heavy (non-hydrogen) atoms. The number of para-hydroxylation sites is 1. The van der Waals surface area contributed by atoms with Gasteiger partial charge in [-0.1, -0.05) is 18.2 Å². The molecule has 4 rings (SSSR count). The number of methoxy groups -OCH3 is 1. The summed E-state index contributed by atoms with van der Waals surface area (Å²) in [5.41, 5.74) is 3.36. The summed E-state index contributed by atoms with van der Waals surface area (Å²) in [6.07, 6.45) is 3.59. The molecule has 0 amide bonds. The van der Waals surface area contributed by atoms with Crippen LogP contribution in [0.1, 0.15) is 0 Å². The molecule has 0 aliphatic heterocycles. The number of nitro benzene ring substituents is 1. The van der Waals surface area contributed by atoms with Gasteiger partial charge in [-0.05, 0) is 26.2 Å². The number of nitrogens with zero attached hydrogens (tertiary/aromatic N) is 6. The van der Waals surface area contributed by atoms with Crippen molar-refractivity contribution in [3.63, 3.8) is 0 Å². The Kier molecular flexibility index (Phi) is 7.85. The fraction of sp³-hybridized carbons (Fsp3) is 0.308. The van der Waals surface area contributed by atoms with Gasteiger partial charge in [0.05, 0.1) is 30.0 Å². The Morgan fingerprint density at radius 3 is 2.65 bits per heavy atom. The predicted molar refractivity (Wildman–Crippen MR) is 145 cm³/mol. The Morgan fingerprint density at radius 2 is 1.95 bits per heavy atom. The highest BCUT2D eigenvalue weighted by Crippen LogP contribution is 2.39. The third-order valence-electron chi connectivity index (χ3n) is 6.09. The molecule has 0 unspecified atom stereocenters. The Balaban J connectivity index is 1.70. The fourth-order valence-corrected chi connectivity index (χ4v) is 4.18. The molecule has 0 aliphatic rings. The number of aliphatic hydroxyl groups is 1. The standard InChI is InChI=1S/C26H31N7O4/c1-30(2)11-12-31(3)23-16-25(37-4)21(15-24(23)33(35)36)29-26-27-10-9-20(28-26)19-17-32(13-14-34)22-8-6-5-7-18(19)22/h5-10,15-17,34H,11-14H2,1-4H3,(H,27,28,29). The first-order valence-electron chi connectivity index (χ1n) is 11.8. The molecular weight excluding hydrogens is 474 g/mol. The minimum Gasteiger partial charge on any atom is -0.494 e. The van der Waals surface area contributed by atoms with Crippen LogP contribution in [0.2, 0.25) is 0 Å². The van der Waals surface area contributed by atoms with Crippen molar-refractivity contribution in [2.45, 2.75) is 6.54 Å². The lowest BCUT2D eigenvalue weighted by Gasteiger charge is -2.22. The quantitative estimate of drug-likeness (QED) is 0.232. The summed E-state index contributed by atoms with van der Waals surface area (Å²) in [7, 11) is 7.24. The highest BCUT2D eigenvalue weighted by Gasteiger charge is 2.22. The van der Waals surface area contributed by atoms with E-state index in [1.165, 1.54) is 13.2 Å². The van der Waals surface area contributed by atoms with Crippen LogP contribution in [0.3, 0.4) is 0 Å². The lowest BCUT2D eigenvalue weighted by atomic mass is 10.1. The summed E-state index contributed by atoms with van der Waals surface area (Å²) in [5.74, 6) is 0.712. The maximum absolute atomic E-state index is 11.9. The van der Waals surface area contributed by atoms with E-state index in [-0.39, 0.29) is 18.2 Å². The molecule has 0 aliphatic carbocycles. The molecule has 11 nitrogen and oxygen atoms in total. The van der Waals surface area contributed by atoms with Crippen molar-refractivity contribution in [1.29, 1.82) is 0 Å². The monoisotopic (exact) mass is 505 g/mol. The smallest absolute Gasteiger partial charge is 0.294 e. The molecule has 2 aromatic carbocycles. The average molecular weight is 506 g/mol. The maximum atomic E-state index is 11.9. The molecule has 2 aromatic heterocycles. The first-order chi connectivity index (χ1) is 17.8. The maximum Gasteiger partial charge on any atom is 0.294 e. The largest absolute Gasteiger partial charge is 0.494 e. The third kappa shape index (κ3) is 5.63. The van der Waals surface area contributed by atoms with Crippen LogP contribution in [0, 0.1) is 10.1 Å². The van der Waals surface area contributed by atoms with Crippen LogP contribution >= 0.6 is 0 Å². The van der Waals surface area contributed by atoms with Crippen molar-refractivity contribution in [1.82, 2.24) is 19.4 Å². The number of anilines is 3. The second-order valence-electron chi connectivity index (χ2n) is 8.89. The van der Waals surface area contributed by atoms with Gasteiger partial charge in [0.1, 0.15) is 11.4 Å². The van der Waals surface area contributed by atoms with Gasteiger partial charge in [-0.3, -0.25) is 10.1 Å². The van der Waals surface area contributed by atoms with Gasteiger partial charge in [-0.25, -0.2) is 9.97 Å². The van der Waals surface area contributed by atoms with Crippen LogP contribution in [-0.2, 0) is 6.54 Å². The fourth-order valence-electron chi connectivity index (χ4n) is 4.18. The van der Waals surface area contributed by atoms with Crippen molar-refractivity contribution >= 4 is 33.9 Å². The molecule has 2 N–H and O–H groups in total. The van der Waals surface area contributed by atoms with Crippen LogP contribution in [0.5, 0.6) is 5.75 Å². The Hall–Kier alpha value is -4.22. The number of ether oxygens (including phenoxy) is 1. The predicted octanol–water partition coefficient (Wildman–Crippen LogP) is 3.75. The first-order valence-corrected chi connectivity index (χ1v) is 11.8. The Morgan fingerprint density at radius 1 is 1.16 bits per heavy atom. The van der Waals surface area contributed by atoms with Crippen molar-refractivity contribution in [2.24, 2.45) is 0 Å². The summed E-state index contributed by atoms with van der Waals surface area (Å²) < 4.78 is 7.55. The summed E-state index contributed by atoms with van der Waals surface area (Å²) in [6.45, 7) is 1.84. The van der Waals surface area contributed by atoms with Gasteiger partial charge >= 0.3 is 0 Å². The zero-order chi connectivity index (χ0) is 26.5. The van der Waals surface area contributed by atoms with Crippen molar-refractivity contribution in [3.8, 4) is 17.0 Å². The number of rotatable bonds is 11. The number of nitrogens with one attached hydrogen (secondary N) is 1. The van der Waals surface area contributed by atoms with Crippen molar-refractivity contribution < 1.29 is 14.8 Å². The molecule has 194 valence electrons. The molecule has 4 aromatic rings. The van der Waals surface area contributed by atoms with E-state index in [2.05, 4.69) is 15.3 Å². The van der Waals surface area contributed by atoms with E-state index in [1.54, 1.807) is 18.3 Å². The summed E-state index contributed by atoms with van der Waals surface area (Å²) in [5, 5.41) is 25.5. The zero-order valence-corrected chi connectivity index (χ0v) is 21.4. The molecule has 0 spiro atoms. The van der Waals surface area contributed by atoms with Crippen LogP contribution in [0.15, 0.2) is 54.9 Å². The second kappa shape index (κ2) is 11.2. The minimum atomic E-state index is -0.403. The molecule has 11 heteroatoms. The summed E-state index contributed by atoms with van der Waals surface area (Å²) in [6, 6.07) is 12.8. The average Bonchev–Trinajstić information content (AvgIpc) is 3.26. The summed E-state index contributed by atoms with van der Waals surface area (Å²) in [4.78, 5) is 24.4. The Bertz CT molecular complexity index is 1400. The number of aliphatic hydroxyl groups excluding tert-OH is 1. The number of aromatic nitrogens is 3. The van der Waals surface area contributed by atoms with Crippen LogP contribution in [-0.4, -0.2) is 77.4 Å². The van der Waals surface area contributed by atoms with Crippen molar-refractivity contribution in [2.75, 3.05) is 58.2 Å². The van der Waals surface area contributed by atoms with E-state index in [0.29, 0.717) is 35.9 Å². The minimum absolute atomic E-state index is 0.0214. The number of fused-ring (bicyclic) bond motifs is 1. The zero-order valence-electron chi connectivity index (χ0n) is 21.4. The molecule has 0 saturated heterocycles. The van der Waals surface area contributed by atoms with Crippen LogP contribution < -0.4 is 15.0 Å². The van der Waals surface area contributed by atoms with Gasteiger partial charge in [-0.2, -0.15) is 0 Å². The molecule has 0 fully saturated rings. The van der Waals surface area contributed by atoms with E-state index in [9.17, 15) is 15.2 Å². The highest BCUT2D eigenvalue weighted by molar-refractivity contribution is 5.95. The SMILES string of the molecule is COc1cc(N(C)CCN(C)C)c([N+](=O)[O-])cc1Nc1nccc(-c2cn(CCO)c3ccccc23)n1. The lowest BCUT2D eigenvalue weighted by Crippen LogP contribution is -2.28. The van der Waals surface area contributed by atoms with E-state index in [0.717, 1.165) is 23.0 Å². The first kappa shape index (κ1) is 25.9. The number of nitro groups is 1.